The predicted molar refractivity (Wildman–Crippen MR) is 115 cm³/mol. The average molecular weight is 429 g/mol. The van der Waals surface area contributed by atoms with Gasteiger partial charge in [-0.05, 0) is 55.8 Å². The third-order valence-electron chi connectivity index (χ3n) is 4.78. The molecular weight excluding hydrogens is 404 g/mol. The Balaban J connectivity index is 1.43. The zero-order chi connectivity index (χ0) is 21.5. The van der Waals surface area contributed by atoms with Crippen LogP contribution in [0, 0.1) is 13.8 Å². The lowest BCUT2D eigenvalue weighted by Crippen LogP contribution is -2.32. The van der Waals surface area contributed by atoms with Crippen LogP contribution >= 0.6 is 11.6 Å². The Morgan fingerprint density at radius 2 is 1.67 bits per heavy atom. The van der Waals surface area contributed by atoms with Crippen molar-refractivity contribution < 1.29 is 18.8 Å². The number of halogens is 1. The van der Waals surface area contributed by atoms with Crippen LogP contribution in [0.1, 0.15) is 22.6 Å². The number of ether oxygens (including phenoxy) is 2. The van der Waals surface area contributed by atoms with Gasteiger partial charge in [-0.3, -0.25) is 4.79 Å². The molecule has 30 heavy (non-hydrogen) atoms. The van der Waals surface area contributed by atoms with Crippen LogP contribution in [0.25, 0.3) is 0 Å². The number of benzene rings is 2. The van der Waals surface area contributed by atoms with E-state index < -0.39 is 0 Å². The van der Waals surface area contributed by atoms with Gasteiger partial charge in [-0.1, -0.05) is 28.9 Å². The molecule has 0 saturated heterocycles. The molecular formula is C23H25ClN2O4. The highest BCUT2D eigenvalue weighted by molar-refractivity contribution is 6.30. The molecule has 1 aromatic heterocycles. The van der Waals surface area contributed by atoms with E-state index in [-0.39, 0.29) is 5.91 Å². The van der Waals surface area contributed by atoms with Gasteiger partial charge >= 0.3 is 0 Å². The summed E-state index contributed by atoms with van der Waals surface area (Å²) < 4.78 is 16.6. The lowest BCUT2D eigenvalue weighted by molar-refractivity contribution is -0.129. The van der Waals surface area contributed by atoms with Crippen LogP contribution in [0.15, 0.2) is 53.1 Å². The molecule has 0 unspecified atom stereocenters. The van der Waals surface area contributed by atoms with Gasteiger partial charge in [-0.25, -0.2) is 0 Å². The van der Waals surface area contributed by atoms with Crippen LogP contribution in [0.5, 0.6) is 11.5 Å². The van der Waals surface area contributed by atoms with Crippen LogP contribution < -0.4 is 9.47 Å². The Bertz CT molecular complexity index is 948. The predicted octanol–water partition coefficient (Wildman–Crippen LogP) is 4.60. The number of amides is 1. The van der Waals surface area contributed by atoms with Gasteiger partial charge in [0.15, 0.2) is 0 Å². The lowest BCUT2D eigenvalue weighted by Gasteiger charge is -2.17. The Hall–Kier alpha value is -2.99. The third kappa shape index (κ3) is 6.00. The molecule has 0 atom stereocenters. The van der Waals surface area contributed by atoms with Gasteiger partial charge in [0.05, 0.1) is 24.2 Å². The third-order valence-corrected chi connectivity index (χ3v) is 5.03. The van der Waals surface area contributed by atoms with E-state index in [4.69, 9.17) is 25.6 Å². The molecule has 0 spiro atoms. The standard InChI is InChI=1S/C23H25ClN2O4/c1-16-22(17(2)30-25-16)15-29-21-8-4-18(5-9-21)14-23(27)26(3)12-13-28-20-10-6-19(24)7-11-20/h4-11H,12-15H2,1-3H3. The van der Waals surface area contributed by atoms with Crippen molar-refractivity contribution in [2.24, 2.45) is 0 Å². The van der Waals surface area contributed by atoms with Crippen LogP contribution in [0.2, 0.25) is 5.02 Å². The number of carbonyl (C=O) groups excluding carboxylic acids is 1. The number of likely N-dealkylation sites (N-methyl/N-ethyl adjacent to an activating group) is 1. The fraction of sp³-hybridized carbons (Fsp3) is 0.304. The summed E-state index contributed by atoms with van der Waals surface area (Å²) in [5, 5.41) is 4.58. The van der Waals surface area contributed by atoms with E-state index in [9.17, 15) is 4.79 Å². The van der Waals surface area contributed by atoms with Crippen molar-refractivity contribution in [3.63, 3.8) is 0 Å². The fourth-order valence-corrected chi connectivity index (χ4v) is 2.96. The summed E-state index contributed by atoms with van der Waals surface area (Å²) in [6, 6.07) is 14.7. The molecule has 0 aliphatic carbocycles. The maximum Gasteiger partial charge on any atom is 0.226 e. The first-order valence-electron chi connectivity index (χ1n) is 9.68. The van der Waals surface area contributed by atoms with Crippen LogP contribution in [0.4, 0.5) is 0 Å². The summed E-state index contributed by atoms with van der Waals surface area (Å²) in [6.07, 6.45) is 0.321. The highest BCUT2D eigenvalue weighted by Gasteiger charge is 2.11. The van der Waals surface area contributed by atoms with Gasteiger partial charge in [0.2, 0.25) is 5.91 Å². The summed E-state index contributed by atoms with van der Waals surface area (Å²) in [7, 11) is 1.77. The minimum atomic E-state index is 0.0269. The summed E-state index contributed by atoms with van der Waals surface area (Å²) >= 11 is 5.86. The van der Waals surface area contributed by atoms with Crippen molar-refractivity contribution in [2.75, 3.05) is 20.2 Å². The van der Waals surface area contributed by atoms with E-state index in [1.54, 1.807) is 36.2 Å². The summed E-state index contributed by atoms with van der Waals surface area (Å²) in [4.78, 5) is 14.1. The van der Waals surface area contributed by atoms with Gasteiger partial charge in [-0.15, -0.1) is 0 Å². The smallest absolute Gasteiger partial charge is 0.226 e. The summed E-state index contributed by atoms with van der Waals surface area (Å²) in [5.74, 6) is 2.25. The summed E-state index contributed by atoms with van der Waals surface area (Å²) in [6.45, 7) is 5.07. The lowest BCUT2D eigenvalue weighted by atomic mass is 10.1. The van der Waals surface area contributed by atoms with Crippen LogP contribution in [-0.2, 0) is 17.8 Å². The van der Waals surface area contributed by atoms with Crippen molar-refractivity contribution in [3.8, 4) is 11.5 Å². The highest BCUT2D eigenvalue weighted by Crippen LogP contribution is 2.18. The van der Waals surface area contributed by atoms with E-state index in [0.717, 1.165) is 34.1 Å². The fourth-order valence-electron chi connectivity index (χ4n) is 2.83. The molecule has 3 rings (SSSR count). The number of aromatic nitrogens is 1. The molecule has 1 amide bonds. The molecule has 0 aliphatic heterocycles. The van der Waals surface area contributed by atoms with Gasteiger partial charge in [0.25, 0.3) is 0 Å². The Morgan fingerprint density at radius 3 is 2.30 bits per heavy atom. The second kappa shape index (κ2) is 10.2. The van der Waals surface area contributed by atoms with E-state index >= 15 is 0 Å². The normalized spacial score (nSPS) is 10.7. The largest absolute Gasteiger partial charge is 0.492 e. The molecule has 3 aromatic rings. The molecule has 0 saturated carbocycles. The maximum absolute atomic E-state index is 12.4. The first-order valence-corrected chi connectivity index (χ1v) is 10.1. The van der Waals surface area contributed by atoms with Crippen molar-refractivity contribution in [1.82, 2.24) is 10.1 Å². The number of hydrogen-bond donors (Lipinski definition) is 0. The monoisotopic (exact) mass is 428 g/mol. The van der Waals surface area contributed by atoms with E-state index in [1.807, 2.05) is 38.1 Å². The zero-order valence-electron chi connectivity index (χ0n) is 17.4. The molecule has 7 heteroatoms. The summed E-state index contributed by atoms with van der Waals surface area (Å²) in [5.41, 5.74) is 2.71. The van der Waals surface area contributed by atoms with Crippen molar-refractivity contribution in [2.45, 2.75) is 26.9 Å². The van der Waals surface area contributed by atoms with Gasteiger partial charge in [0.1, 0.15) is 30.5 Å². The van der Waals surface area contributed by atoms with Gasteiger partial charge in [0, 0.05) is 12.1 Å². The van der Waals surface area contributed by atoms with Crippen LogP contribution in [-0.4, -0.2) is 36.2 Å². The molecule has 0 N–H and O–H groups in total. The molecule has 2 aromatic carbocycles. The molecule has 6 nitrogen and oxygen atoms in total. The van der Waals surface area contributed by atoms with Crippen LogP contribution in [0.3, 0.4) is 0 Å². The first kappa shape index (κ1) is 21.7. The van der Waals surface area contributed by atoms with Crippen molar-refractivity contribution >= 4 is 17.5 Å². The number of nitrogens with zero attached hydrogens (tertiary/aromatic N) is 2. The zero-order valence-corrected chi connectivity index (χ0v) is 18.1. The number of aryl methyl sites for hydroxylation is 2. The second-order valence-corrected chi connectivity index (χ2v) is 7.47. The maximum atomic E-state index is 12.4. The van der Waals surface area contributed by atoms with E-state index in [2.05, 4.69) is 5.16 Å². The molecule has 0 bridgehead atoms. The Kier molecular flexibility index (Phi) is 7.36. The number of carbonyl (C=O) groups is 1. The molecule has 0 radical (unpaired) electrons. The van der Waals surface area contributed by atoms with E-state index in [1.165, 1.54) is 0 Å². The minimum Gasteiger partial charge on any atom is -0.492 e. The van der Waals surface area contributed by atoms with Crippen molar-refractivity contribution in [1.29, 1.82) is 0 Å². The number of hydrogen-bond acceptors (Lipinski definition) is 5. The molecule has 1 heterocycles. The Morgan fingerprint density at radius 1 is 1.03 bits per heavy atom. The topological polar surface area (TPSA) is 64.8 Å². The second-order valence-electron chi connectivity index (χ2n) is 7.03. The average Bonchev–Trinajstić information content (AvgIpc) is 3.06. The van der Waals surface area contributed by atoms with Gasteiger partial charge < -0.3 is 18.9 Å². The Labute approximate surface area is 181 Å². The number of rotatable bonds is 9. The highest BCUT2D eigenvalue weighted by atomic mass is 35.5. The van der Waals surface area contributed by atoms with Gasteiger partial charge in [-0.2, -0.15) is 0 Å². The minimum absolute atomic E-state index is 0.0269. The molecule has 158 valence electrons. The quantitative estimate of drug-likeness (QED) is 0.498. The van der Waals surface area contributed by atoms with E-state index in [0.29, 0.717) is 31.2 Å². The molecule has 0 aliphatic rings. The molecule has 0 fully saturated rings. The van der Waals surface area contributed by atoms with Crippen molar-refractivity contribution in [3.05, 3.63) is 76.1 Å². The first-order chi connectivity index (χ1) is 14.4. The SMILES string of the molecule is Cc1noc(C)c1COc1ccc(CC(=O)N(C)CCOc2ccc(Cl)cc2)cc1.